The number of esters is 1. The molecule has 0 unspecified atom stereocenters. The van der Waals surface area contributed by atoms with E-state index >= 15 is 0 Å². The van der Waals surface area contributed by atoms with Crippen molar-refractivity contribution < 1.29 is 14.3 Å². The second kappa shape index (κ2) is 8.72. The zero-order valence-electron chi connectivity index (χ0n) is 15.4. The molecule has 0 amide bonds. The summed E-state index contributed by atoms with van der Waals surface area (Å²) in [5.74, 6) is 0.363. The molecule has 0 bridgehead atoms. The van der Waals surface area contributed by atoms with Crippen LogP contribution in [0.1, 0.15) is 28.8 Å². The van der Waals surface area contributed by atoms with Crippen molar-refractivity contribution in [2.75, 3.05) is 32.2 Å². The average molecular weight is 354 g/mol. The number of ether oxygens (including phenoxy) is 2. The molecule has 3 rings (SSSR count). The van der Waals surface area contributed by atoms with E-state index in [1.54, 1.807) is 19.2 Å². The van der Waals surface area contributed by atoms with Crippen molar-refractivity contribution in [2.45, 2.75) is 25.4 Å². The molecule has 1 aliphatic rings. The minimum atomic E-state index is -0.348. The maximum Gasteiger partial charge on any atom is 0.337 e. The zero-order valence-corrected chi connectivity index (χ0v) is 15.4. The van der Waals surface area contributed by atoms with Crippen molar-refractivity contribution in [3.8, 4) is 5.75 Å². The lowest BCUT2D eigenvalue weighted by Gasteiger charge is -2.35. The summed E-state index contributed by atoms with van der Waals surface area (Å²) in [5, 5.41) is 3.65. The van der Waals surface area contributed by atoms with Crippen molar-refractivity contribution in [2.24, 2.45) is 0 Å². The van der Waals surface area contributed by atoms with Gasteiger partial charge in [0.1, 0.15) is 5.75 Å². The van der Waals surface area contributed by atoms with Crippen LogP contribution in [0, 0.1) is 0 Å². The van der Waals surface area contributed by atoms with Crippen LogP contribution in [-0.2, 0) is 11.3 Å². The van der Waals surface area contributed by atoms with Gasteiger partial charge in [-0.3, -0.25) is 0 Å². The highest BCUT2D eigenvalue weighted by atomic mass is 16.5. The van der Waals surface area contributed by atoms with Gasteiger partial charge in [-0.1, -0.05) is 30.3 Å². The summed E-state index contributed by atoms with van der Waals surface area (Å²) < 4.78 is 10.3. The van der Waals surface area contributed by atoms with Crippen LogP contribution < -0.4 is 15.0 Å². The molecular formula is C21H26N2O3. The van der Waals surface area contributed by atoms with Crippen LogP contribution in [0.4, 0.5) is 5.69 Å². The monoisotopic (exact) mass is 354 g/mol. The van der Waals surface area contributed by atoms with Gasteiger partial charge >= 0.3 is 5.97 Å². The zero-order chi connectivity index (χ0) is 18.4. The Kier molecular flexibility index (Phi) is 6.12. The van der Waals surface area contributed by atoms with Crippen molar-refractivity contribution >= 4 is 11.7 Å². The summed E-state index contributed by atoms with van der Waals surface area (Å²) in [5.41, 5.74) is 2.85. The number of rotatable bonds is 6. The van der Waals surface area contributed by atoms with Crippen LogP contribution >= 0.6 is 0 Å². The van der Waals surface area contributed by atoms with Crippen LogP contribution in [0.5, 0.6) is 5.75 Å². The minimum Gasteiger partial charge on any atom is -0.495 e. The highest BCUT2D eigenvalue weighted by Crippen LogP contribution is 2.31. The van der Waals surface area contributed by atoms with Crippen LogP contribution in [-0.4, -0.2) is 39.3 Å². The van der Waals surface area contributed by atoms with Gasteiger partial charge in [-0.2, -0.15) is 0 Å². The van der Waals surface area contributed by atoms with Gasteiger partial charge in [0.2, 0.25) is 0 Å². The smallest absolute Gasteiger partial charge is 0.337 e. The third-order valence-corrected chi connectivity index (χ3v) is 4.87. The molecule has 2 aromatic carbocycles. The fourth-order valence-corrected chi connectivity index (χ4v) is 3.37. The Labute approximate surface area is 154 Å². The van der Waals surface area contributed by atoms with E-state index in [1.165, 1.54) is 12.7 Å². The fraction of sp³-hybridized carbons (Fsp3) is 0.381. The quantitative estimate of drug-likeness (QED) is 0.807. The predicted molar refractivity (Wildman–Crippen MR) is 103 cm³/mol. The number of nitrogens with one attached hydrogen (secondary N) is 1. The van der Waals surface area contributed by atoms with Gasteiger partial charge in [0.05, 0.1) is 25.5 Å². The second-order valence-electron chi connectivity index (χ2n) is 6.51. The van der Waals surface area contributed by atoms with E-state index in [4.69, 9.17) is 9.47 Å². The van der Waals surface area contributed by atoms with Gasteiger partial charge in [-0.15, -0.1) is 0 Å². The fourth-order valence-electron chi connectivity index (χ4n) is 3.37. The van der Waals surface area contributed by atoms with Crippen LogP contribution in [0.2, 0.25) is 0 Å². The van der Waals surface area contributed by atoms with Gasteiger partial charge < -0.3 is 19.7 Å². The van der Waals surface area contributed by atoms with Crippen molar-refractivity contribution in [3.05, 3.63) is 59.7 Å². The van der Waals surface area contributed by atoms with Gasteiger partial charge in [0, 0.05) is 25.7 Å². The summed E-state index contributed by atoms with van der Waals surface area (Å²) in [7, 11) is 3.02. The first-order chi connectivity index (χ1) is 12.7. The molecular weight excluding hydrogens is 328 g/mol. The van der Waals surface area contributed by atoms with Crippen LogP contribution in [0.3, 0.4) is 0 Å². The normalized spacial score (nSPS) is 14.9. The Morgan fingerprint density at radius 2 is 1.85 bits per heavy atom. The van der Waals surface area contributed by atoms with E-state index in [9.17, 15) is 4.79 Å². The molecule has 1 heterocycles. The second-order valence-corrected chi connectivity index (χ2v) is 6.51. The number of carbonyl (C=O) groups excluding carboxylic acids is 1. The molecule has 5 heteroatoms. The number of hydrogen-bond donors (Lipinski definition) is 1. The number of carbonyl (C=O) groups is 1. The Balaban J connectivity index is 1.58. The molecule has 0 spiro atoms. The molecule has 1 aliphatic heterocycles. The van der Waals surface area contributed by atoms with Crippen molar-refractivity contribution in [3.63, 3.8) is 0 Å². The highest BCUT2D eigenvalue weighted by Gasteiger charge is 2.22. The molecule has 5 nitrogen and oxygen atoms in total. The molecule has 0 radical (unpaired) electrons. The van der Waals surface area contributed by atoms with E-state index < -0.39 is 0 Å². The summed E-state index contributed by atoms with van der Waals surface area (Å²) in [6.07, 6.45) is 2.16. The molecule has 0 aliphatic carbocycles. The molecule has 0 atom stereocenters. The number of benzene rings is 2. The maximum absolute atomic E-state index is 11.7. The molecule has 1 N–H and O–H groups in total. The lowest BCUT2D eigenvalue weighted by molar-refractivity contribution is 0.0600. The number of anilines is 1. The molecule has 2 aromatic rings. The Morgan fingerprint density at radius 3 is 2.50 bits per heavy atom. The standard InChI is InChI=1S/C21H26N2O3/c1-25-20-14-17(21(24)26-2)8-9-19(20)23-12-10-18(11-13-23)22-15-16-6-4-3-5-7-16/h3-9,14,18,22H,10-13,15H2,1-2H3. The largest absolute Gasteiger partial charge is 0.495 e. The van der Waals surface area contributed by atoms with Gasteiger partial charge in [0.15, 0.2) is 0 Å². The Hall–Kier alpha value is -2.53. The molecule has 0 aromatic heterocycles. The van der Waals surface area contributed by atoms with Crippen molar-refractivity contribution in [1.82, 2.24) is 5.32 Å². The molecule has 138 valence electrons. The third kappa shape index (κ3) is 4.35. The highest BCUT2D eigenvalue weighted by molar-refractivity contribution is 5.90. The van der Waals surface area contributed by atoms with Crippen LogP contribution in [0.25, 0.3) is 0 Å². The average Bonchev–Trinajstić information content (AvgIpc) is 2.72. The number of nitrogens with zero attached hydrogens (tertiary/aromatic N) is 1. The number of methoxy groups -OCH3 is 2. The first-order valence-electron chi connectivity index (χ1n) is 9.00. The van der Waals surface area contributed by atoms with Crippen molar-refractivity contribution in [1.29, 1.82) is 0 Å². The summed E-state index contributed by atoms with van der Waals surface area (Å²) in [4.78, 5) is 14.0. The Bertz CT molecular complexity index is 725. The summed E-state index contributed by atoms with van der Waals surface area (Å²) in [6, 6.07) is 16.5. The topological polar surface area (TPSA) is 50.8 Å². The Morgan fingerprint density at radius 1 is 1.12 bits per heavy atom. The third-order valence-electron chi connectivity index (χ3n) is 4.87. The first-order valence-corrected chi connectivity index (χ1v) is 9.00. The lowest BCUT2D eigenvalue weighted by atomic mass is 10.0. The van der Waals surface area contributed by atoms with E-state index in [-0.39, 0.29) is 5.97 Å². The number of piperidine rings is 1. The minimum absolute atomic E-state index is 0.348. The lowest BCUT2D eigenvalue weighted by Crippen LogP contribution is -2.42. The van der Waals surface area contributed by atoms with Gasteiger partial charge in [0.25, 0.3) is 0 Å². The van der Waals surface area contributed by atoms with Gasteiger partial charge in [-0.05, 0) is 36.6 Å². The van der Waals surface area contributed by atoms with E-state index in [0.29, 0.717) is 17.4 Å². The maximum atomic E-state index is 11.7. The SMILES string of the molecule is COC(=O)c1ccc(N2CCC(NCc3ccccc3)CC2)c(OC)c1. The number of hydrogen-bond acceptors (Lipinski definition) is 5. The summed E-state index contributed by atoms with van der Waals surface area (Å²) in [6.45, 7) is 2.82. The first kappa shape index (κ1) is 18.3. The predicted octanol–water partition coefficient (Wildman–Crippen LogP) is 3.24. The van der Waals surface area contributed by atoms with E-state index in [0.717, 1.165) is 38.2 Å². The molecule has 1 saturated heterocycles. The van der Waals surface area contributed by atoms with Gasteiger partial charge in [-0.25, -0.2) is 4.79 Å². The van der Waals surface area contributed by atoms with E-state index in [1.807, 2.05) is 12.1 Å². The molecule has 0 saturated carbocycles. The van der Waals surface area contributed by atoms with Crippen LogP contribution in [0.15, 0.2) is 48.5 Å². The van der Waals surface area contributed by atoms with E-state index in [2.05, 4.69) is 34.5 Å². The summed E-state index contributed by atoms with van der Waals surface area (Å²) >= 11 is 0. The molecule has 1 fully saturated rings. The molecule has 26 heavy (non-hydrogen) atoms.